The number of rotatable bonds is 2. The fraction of sp³-hybridized carbons (Fsp3) is 0.467. The van der Waals surface area contributed by atoms with Crippen LogP contribution < -0.4 is 0 Å². The highest BCUT2D eigenvalue weighted by atomic mass is 19.4. The van der Waals surface area contributed by atoms with Gasteiger partial charge in [-0.3, -0.25) is 0 Å². The summed E-state index contributed by atoms with van der Waals surface area (Å²) in [5.41, 5.74) is -0.891. The van der Waals surface area contributed by atoms with Gasteiger partial charge in [0.2, 0.25) is 0 Å². The molecule has 1 heterocycles. The van der Waals surface area contributed by atoms with E-state index in [2.05, 4.69) is 0 Å². The van der Waals surface area contributed by atoms with E-state index in [1.165, 1.54) is 12.1 Å². The molecule has 110 valence electrons. The van der Waals surface area contributed by atoms with Crippen LogP contribution in [0.1, 0.15) is 45.0 Å². The minimum Gasteiger partial charge on any atom is -0.384 e. The highest BCUT2D eigenvalue weighted by molar-refractivity contribution is 5.85. The lowest BCUT2D eigenvalue weighted by Crippen LogP contribution is -2.21. The number of alkyl halides is 3. The number of hydrogen-bond acceptors (Lipinski definition) is 1. The van der Waals surface area contributed by atoms with E-state index in [1.807, 2.05) is 13.8 Å². The summed E-state index contributed by atoms with van der Waals surface area (Å²) < 4.78 is 41.0. The molecule has 1 N–H and O–H groups in total. The smallest absolute Gasteiger partial charge is 0.384 e. The SMILES string of the molecule is CC(C)n1c(C(C)(C)O)cc2c(C(F)(F)F)cccc21. The quantitative estimate of drug-likeness (QED) is 0.865. The molecule has 0 bridgehead atoms. The van der Waals surface area contributed by atoms with Crippen molar-refractivity contribution in [2.24, 2.45) is 0 Å². The summed E-state index contributed by atoms with van der Waals surface area (Å²) in [6, 6.07) is 5.52. The molecule has 0 fully saturated rings. The second kappa shape index (κ2) is 4.52. The Balaban J connectivity index is 2.88. The number of aromatic nitrogens is 1. The Morgan fingerprint density at radius 1 is 1.15 bits per heavy atom. The summed E-state index contributed by atoms with van der Waals surface area (Å²) in [5, 5.41) is 10.3. The second-order valence-electron chi connectivity index (χ2n) is 5.79. The van der Waals surface area contributed by atoms with E-state index in [4.69, 9.17) is 0 Å². The predicted molar refractivity (Wildman–Crippen MR) is 72.6 cm³/mol. The van der Waals surface area contributed by atoms with Crippen molar-refractivity contribution in [2.45, 2.75) is 45.5 Å². The first-order valence-corrected chi connectivity index (χ1v) is 6.47. The zero-order chi connectivity index (χ0) is 15.3. The molecule has 0 aliphatic heterocycles. The van der Waals surface area contributed by atoms with E-state index < -0.39 is 17.3 Å². The number of aliphatic hydroxyl groups is 1. The van der Waals surface area contributed by atoms with Gasteiger partial charge in [0.15, 0.2) is 0 Å². The first kappa shape index (κ1) is 14.9. The molecule has 5 heteroatoms. The minimum atomic E-state index is -4.40. The molecular weight excluding hydrogens is 267 g/mol. The van der Waals surface area contributed by atoms with Crippen LogP contribution in [0.3, 0.4) is 0 Å². The monoisotopic (exact) mass is 285 g/mol. The lowest BCUT2D eigenvalue weighted by molar-refractivity contribution is -0.136. The van der Waals surface area contributed by atoms with Crippen molar-refractivity contribution in [1.29, 1.82) is 0 Å². The summed E-state index contributed by atoms with van der Waals surface area (Å²) in [5.74, 6) is 0. The van der Waals surface area contributed by atoms with Gasteiger partial charge in [-0.2, -0.15) is 13.2 Å². The summed E-state index contributed by atoms with van der Waals surface area (Å²) in [7, 11) is 0. The van der Waals surface area contributed by atoms with E-state index in [9.17, 15) is 18.3 Å². The van der Waals surface area contributed by atoms with Crippen LogP contribution in [0.4, 0.5) is 13.2 Å². The zero-order valence-electron chi connectivity index (χ0n) is 11.9. The second-order valence-corrected chi connectivity index (χ2v) is 5.79. The van der Waals surface area contributed by atoms with Crippen molar-refractivity contribution in [2.75, 3.05) is 0 Å². The number of halogens is 3. The Kier molecular flexibility index (Phi) is 3.37. The first-order valence-electron chi connectivity index (χ1n) is 6.47. The van der Waals surface area contributed by atoms with E-state index in [0.717, 1.165) is 6.07 Å². The molecule has 0 saturated carbocycles. The molecule has 2 nitrogen and oxygen atoms in total. The van der Waals surface area contributed by atoms with Gasteiger partial charge in [-0.05, 0) is 45.9 Å². The first-order chi connectivity index (χ1) is 9.03. The molecule has 0 spiro atoms. The Bertz CT molecular complexity index is 633. The number of fused-ring (bicyclic) bond motifs is 1. The van der Waals surface area contributed by atoms with Gasteiger partial charge in [0, 0.05) is 16.9 Å². The van der Waals surface area contributed by atoms with Crippen LogP contribution >= 0.6 is 0 Å². The molecular formula is C15H18F3NO. The fourth-order valence-corrected chi connectivity index (χ4v) is 2.53. The number of nitrogens with zero attached hydrogens (tertiary/aromatic N) is 1. The molecule has 20 heavy (non-hydrogen) atoms. The van der Waals surface area contributed by atoms with Crippen LogP contribution in [0, 0.1) is 0 Å². The average Bonchev–Trinajstić information content (AvgIpc) is 2.65. The van der Waals surface area contributed by atoms with Crippen LogP contribution in [0.25, 0.3) is 10.9 Å². The summed E-state index contributed by atoms with van der Waals surface area (Å²) in [6.45, 7) is 6.92. The third-order valence-electron chi connectivity index (χ3n) is 3.33. The maximum atomic E-state index is 13.1. The summed E-state index contributed by atoms with van der Waals surface area (Å²) in [4.78, 5) is 0. The van der Waals surface area contributed by atoms with Crippen LogP contribution in [-0.2, 0) is 11.8 Å². The van der Waals surface area contributed by atoms with Gasteiger partial charge in [0.05, 0.1) is 16.9 Å². The summed E-state index contributed by atoms with van der Waals surface area (Å²) >= 11 is 0. The molecule has 2 rings (SSSR count). The minimum absolute atomic E-state index is 0.0441. The Morgan fingerprint density at radius 3 is 2.20 bits per heavy atom. The maximum absolute atomic E-state index is 13.1. The lowest BCUT2D eigenvalue weighted by Gasteiger charge is -2.23. The van der Waals surface area contributed by atoms with Gasteiger partial charge in [-0.15, -0.1) is 0 Å². The van der Waals surface area contributed by atoms with Crippen LogP contribution in [0.15, 0.2) is 24.3 Å². The third kappa shape index (κ3) is 2.42. The van der Waals surface area contributed by atoms with Crippen molar-refractivity contribution < 1.29 is 18.3 Å². The van der Waals surface area contributed by atoms with Gasteiger partial charge in [0.25, 0.3) is 0 Å². The van der Waals surface area contributed by atoms with Crippen molar-refractivity contribution in [3.63, 3.8) is 0 Å². The van der Waals surface area contributed by atoms with Crippen molar-refractivity contribution in [3.05, 3.63) is 35.5 Å². The lowest BCUT2D eigenvalue weighted by atomic mass is 10.0. The van der Waals surface area contributed by atoms with Crippen LogP contribution in [0.2, 0.25) is 0 Å². The van der Waals surface area contributed by atoms with E-state index in [-0.39, 0.29) is 11.4 Å². The topological polar surface area (TPSA) is 25.2 Å². The largest absolute Gasteiger partial charge is 0.417 e. The molecule has 0 amide bonds. The molecule has 0 saturated heterocycles. The van der Waals surface area contributed by atoms with E-state index >= 15 is 0 Å². The summed E-state index contributed by atoms with van der Waals surface area (Å²) in [6.07, 6.45) is -4.40. The zero-order valence-corrected chi connectivity index (χ0v) is 11.9. The van der Waals surface area contributed by atoms with Gasteiger partial charge in [0.1, 0.15) is 0 Å². The van der Waals surface area contributed by atoms with Gasteiger partial charge >= 0.3 is 6.18 Å². The fourth-order valence-electron chi connectivity index (χ4n) is 2.53. The third-order valence-corrected chi connectivity index (χ3v) is 3.33. The van der Waals surface area contributed by atoms with Gasteiger partial charge in [-0.25, -0.2) is 0 Å². The van der Waals surface area contributed by atoms with Crippen molar-refractivity contribution in [1.82, 2.24) is 4.57 Å². The van der Waals surface area contributed by atoms with Crippen molar-refractivity contribution >= 4 is 10.9 Å². The Hall–Kier alpha value is -1.49. The van der Waals surface area contributed by atoms with Crippen molar-refractivity contribution in [3.8, 4) is 0 Å². The van der Waals surface area contributed by atoms with E-state index in [1.54, 1.807) is 24.5 Å². The predicted octanol–water partition coefficient (Wildman–Crippen LogP) is 4.47. The molecule has 0 atom stereocenters. The molecule has 0 radical (unpaired) electrons. The number of benzene rings is 1. The van der Waals surface area contributed by atoms with Crippen LogP contribution in [-0.4, -0.2) is 9.67 Å². The number of hydrogen-bond donors (Lipinski definition) is 1. The highest BCUT2D eigenvalue weighted by Gasteiger charge is 2.34. The Labute approximate surface area is 115 Å². The van der Waals surface area contributed by atoms with Gasteiger partial charge < -0.3 is 9.67 Å². The molecule has 0 aliphatic rings. The molecule has 1 aromatic heterocycles. The van der Waals surface area contributed by atoms with Gasteiger partial charge in [-0.1, -0.05) is 6.07 Å². The highest BCUT2D eigenvalue weighted by Crippen LogP contribution is 2.39. The molecule has 0 unspecified atom stereocenters. The average molecular weight is 285 g/mol. The molecule has 2 aromatic rings. The standard InChI is InChI=1S/C15H18F3NO/c1-9(2)19-12-7-5-6-11(15(16,17)18)10(12)8-13(19)14(3,4)20/h5-9,20H,1-4H3. The molecule has 1 aromatic carbocycles. The van der Waals surface area contributed by atoms with E-state index in [0.29, 0.717) is 11.2 Å². The van der Waals surface area contributed by atoms with Crippen LogP contribution in [0.5, 0.6) is 0 Å². The Morgan fingerprint density at radius 2 is 1.75 bits per heavy atom. The normalized spacial score (nSPS) is 13.4. The maximum Gasteiger partial charge on any atom is 0.417 e. The molecule has 0 aliphatic carbocycles.